The first-order valence-electron chi connectivity index (χ1n) is 7.34. The van der Waals surface area contributed by atoms with Gasteiger partial charge in [0.15, 0.2) is 22.1 Å². The third-order valence-electron chi connectivity index (χ3n) is 3.42. The molecule has 2 N–H and O–H groups in total. The summed E-state index contributed by atoms with van der Waals surface area (Å²) < 4.78 is 13.6. The molecule has 0 bridgehead atoms. The Morgan fingerprint density at radius 2 is 2.24 bits per heavy atom. The maximum Gasteiger partial charge on any atom is 0.175 e. The average Bonchev–Trinajstić information content (AvgIpc) is 2.96. The highest BCUT2D eigenvalue weighted by Crippen LogP contribution is 2.35. The summed E-state index contributed by atoms with van der Waals surface area (Å²) in [7, 11) is 1.65. The van der Waals surface area contributed by atoms with Gasteiger partial charge < -0.3 is 15.2 Å². The van der Waals surface area contributed by atoms with E-state index in [-0.39, 0.29) is 0 Å². The Balaban J connectivity index is 2.03. The van der Waals surface area contributed by atoms with Crippen molar-refractivity contribution in [2.45, 2.75) is 16.6 Å². The van der Waals surface area contributed by atoms with Crippen molar-refractivity contribution < 1.29 is 9.47 Å². The van der Waals surface area contributed by atoms with Gasteiger partial charge in [0.2, 0.25) is 0 Å². The third kappa shape index (κ3) is 3.82. The number of methoxy groups -OCH3 is 1. The summed E-state index contributed by atoms with van der Waals surface area (Å²) in [5.74, 6) is 1.15. The number of nitrogens with two attached hydrogens (primary N) is 1. The Kier molecular flexibility index (Phi) is 5.63. The predicted octanol–water partition coefficient (Wildman–Crippen LogP) is 3.33. The van der Waals surface area contributed by atoms with Crippen LogP contribution in [0.3, 0.4) is 0 Å². The van der Waals surface area contributed by atoms with E-state index >= 15 is 0 Å². The van der Waals surface area contributed by atoms with Crippen LogP contribution in [0.25, 0.3) is 11.2 Å². The van der Waals surface area contributed by atoms with Gasteiger partial charge in [0.1, 0.15) is 18.7 Å². The average molecular weight is 469 g/mol. The van der Waals surface area contributed by atoms with E-state index in [0.717, 1.165) is 19.4 Å². The van der Waals surface area contributed by atoms with E-state index in [4.69, 9.17) is 15.2 Å². The topological polar surface area (TPSA) is 88.1 Å². The Hall–Kier alpha value is -2.01. The van der Waals surface area contributed by atoms with Gasteiger partial charge in [-0.1, -0.05) is 18.3 Å². The van der Waals surface area contributed by atoms with Crippen LogP contribution in [0.5, 0.6) is 5.75 Å². The Morgan fingerprint density at radius 3 is 3.00 bits per heavy atom. The SMILES string of the molecule is C=COCCn1c(Sc2cc(OC)ccc2I)nc2c(N)ncnc21. The molecule has 0 unspecified atom stereocenters. The molecule has 0 fully saturated rings. The molecule has 25 heavy (non-hydrogen) atoms. The Labute approximate surface area is 162 Å². The van der Waals surface area contributed by atoms with E-state index in [1.165, 1.54) is 24.4 Å². The lowest BCUT2D eigenvalue weighted by atomic mass is 10.3. The van der Waals surface area contributed by atoms with Crippen molar-refractivity contribution in [3.8, 4) is 5.75 Å². The minimum atomic E-state index is 0.357. The molecule has 0 saturated carbocycles. The number of aromatic nitrogens is 4. The van der Waals surface area contributed by atoms with E-state index in [0.29, 0.717) is 30.1 Å². The zero-order valence-corrected chi connectivity index (χ0v) is 16.5. The minimum Gasteiger partial charge on any atom is -0.500 e. The van der Waals surface area contributed by atoms with Crippen LogP contribution >= 0.6 is 34.4 Å². The van der Waals surface area contributed by atoms with Crippen molar-refractivity contribution in [2.24, 2.45) is 0 Å². The minimum absolute atomic E-state index is 0.357. The molecule has 0 atom stereocenters. The molecule has 0 aliphatic carbocycles. The lowest BCUT2D eigenvalue weighted by molar-refractivity contribution is 0.234. The van der Waals surface area contributed by atoms with Gasteiger partial charge in [0.05, 0.1) is 19.9 Å². The number of hydrogen-bond acceptors (Lipinski definition) is 7. The van der Waals surface area contributed by atoms with Gasteiger partial charge in [0.25, 0.3) is 0 Å². The maximum atomic E-state index is 5.96. The van der Waals surface area contributed by atoms with Gasteiger partial charge in [0, 0.05) is 8.47 Å². The molecule has 2 heterocycles. The second-order valence-electron chi connectivity index (χ2n) is 4.91. The first kappa shape index (κ1) is 17.8. The number of nitrogens with zero attached hydrogens (tertiary/aromatic N) is 4. The molecule has 130 valence electrons. The lowest BCUT2D eigenvalue weighted by Gasteiger charge is -2.10. The van der Waals surface area contributed by atoms with E-state index in [9.17, 15) is 0 Å². The summed E-state index contributed by atoms with van der Waals surface area (Å²) in [4.78, 5) is 14.0. The number of benzene rings is 1. The number of fused-ring (bicyclic) bond motifs is 1. The van der Waals surface area contributed by atoms with Crippen LogP contribution in [0, 0.1) is 3.57 Å². The molecule has 0 aliphatic rings. The van der Waals surface area contributed by atoms with Crippen LogP contribution in [-0.2, 0) is 11.3 Å². The van der Waals surface area contributed by atoms with Gasteiger partial charge in [-0.05, 0) is 40.8 Å². The molecular weight excluding hydrogens is 453 g/mol. The molecule has 1 aromatic carbocycles. The van der Waals surface area contributed by atoms with Crippen molar-refractivity contribution in [2.75, 3.05) is 19.5 Å². The van der Waals surface area contributed by atoms with Gasteiger partial charge in [-0.15, -0.1) is 0 Å². The molecule has 0 amide bonds. The molecule has 0 radical (unpaired) electrons. The molecule has 0 spiro atoms. The van der Waals surface area contributed by atoms with Crippen molar-refractivity contribution in [1.82, 2.24) is 19.5 Å². The maximum absolute atomic E-state index is 5.96. The first-order valence-corrected chi connectivity index (χ1v) is 9.24. The first-order chi connectivity index (χ1) is 12.1. The van der Waals surface area contributed by atoms with Gasteiger partial charge >= 0.3 is 0 Å². The zero-order chi connectivity index (χ0) is 17.8. The summed E-state index contributed by atoms with van der Waals surface area (Å²) >= 11 is 3.81. The quantitative estimate of drug-likeness (QED) is 0.323. The highest BCUT2D eigenvalue weighted by molar-refractivity contribution is 14.1. The number of halogens is 1. The number of nitrogen functional groups attached to an aromatic ring is 1. The number of rotatable bonds is 7. The molecule has 9 heteroatoms. The monoisotopic (exact) mass is 469 g/mol. The summed E-state index contributed by atoms with van der Waals surface area (Å²) in [6.45, 7) is 4.60. The Bertz CT molecular complexity index is 915. The van der Waals surface area contributed by atoms with Gasteiger partial charge in [-0.3, -0.25) is 4.57 Å². The highest BCUT2D eigenvalue weighted by Gasteiger charge is 2.17. The van der Waals surface area contributed by atoms with Crippen molar-refractivity contribution in [3.05, 3.63) is 40.9 Å². The molecule has 3 rings (SSSR count). The molecule has 2 aromatic heterocycles. The molecule has 0 saturated heterocycles. The largest absolute Gasteiger partial charge is 0.500 e. The van der Waals surface area contributed by atoms with E-state index in [1.807, 2.05) is 22.8 Å². The Morgan fingerprint density at radius 1 is 1.40 bits per heavy atom. The van der Waals surface area contributed by atoms with Crippen LogP contribution in [0.2, 0.25) is 0 Å². The molecule has 7 nitrogen and oxygen atoms in total. The van der Waals surface area contributed by atoms with E-state index < -0.39 is 0 Å². The van der Waals surface area contributed by atoms with E-state index in [2.05, 4.69) is 44.1 Å². The fourth-order valence-electron chi connectivity index (χ4n) is 2.23. The van der Waals surface area contributed by atoms with Crippen molar-refractivity contribution in [1.29, 1.82) is 0 Å². The van der Waals surface area contributed by atoms with Gasteiger partial charge in [-0.2, -0.15) is 0 Å². The number of hydrogen-bond donors (Lipinski definition) is 1. The summed E-state index contributed by atoms with van der Waals surface area (Å²) in [5, 5.41) is 0.765. The fraction of sp³-hybridized carbons (Fsp3) is 0.188. The second-order valence-corrected chi connectivity index (χ2v) is 7.08. The normalized spacial score (nSPS) is 10.8. The van der Waals surface area contributed by atoms with Crippen LogP contribution in [0.1, 0.15) is 0 Å². The van der Waals surface area contributed by atoms with Gasteiger partial charge in [-0.25, -0.2) is 15.0 Å². The fourth-order valence-corrected chi connectivity index (χ4v) is 3.86. The number of anilines is 1. The van der Waals surface area contributed by atoms with E-state index in [1.54, 1.807) is 7.11 Å². The van der Waals surface area contributed by atoms with Crippen molar-refractivity contribution >= 4 is 51.3 Å². The second kappa shape index (κ2) is 7.91. The standard InChI is InChI=1S/C16H16IN5O2S/c1-3-24-7-6-22-15-13(14(18)19-9-20-15)21-16(22)25-12-8-10(23-2)4-5-11(12)17/h3-5,8-9H,1,6-7H2,2H3,(H2,18,19,20). The van der Waals surface area contributed by atoms with Crippen LogP contribution in [0.15, 0.2) is 47.4 Å². The smallest absolute Gasteiger partial charge is 0.175 e. The number of ether oxygens (including phenoxy) is 2. The van der Waals surface area contributed by atoms with Crippen molar-refractivity contribution in [3.63, 3.8) is 0 Å². The highest BCUT2D eigenvalue weighted by atomic mass is 127. The summed E-state index contributed by atoms with van der Waals surface area (Å²) in [6.07, 6.45) is 2.86. The van der Waals surface area contributed by atoms with Crippen LogP contribution in [0.4, 0.5) is 5.82 Å². The molecule has 3 aromatic rings. The summed E-state index contributed by atoms with van der Waals surface area (Å²) in [6, 6.07) is 5.91. The lowest BCUT2D eigenvalue weighted by Crippen LogP contribution is -2.06. The third-order valence-corrected chi connectivity index (χ3v) is 5.77. The zero-order valence-electron chi connectivity index (χ0n) is 13.5. The summed E-state index contributed by atoms with van der Waals surface area (Å²) in [5.41, 5.74) is 7.22. The van der Waals surface area contributed by atoms with Crippen LogP contribution < -0.4 is 10.5 Å². The molecular formula is C16H16IN5O2S. The predicted molar refractivity (Wildman–Crippen MR) is 106 cm³/mol. The number of imidazole rings is 1. The van der Waals surface area contributed by atoms with Crippen LogP contribution in [-0.4, -0.2) is 33.2 Å². The molecule has 0 aliphatic heterocycles.